The van der Waals surface area contributed by atoms with E-state index in [2.05, 4.69) is 3.53 Å². The van der Waals surface area contributed by atoms with E-state index in [0.717, 1.165) is 0 Å². The molecule has 3 nitrogen and oxygen atoms in total. The molecule has 0 spiro atoms. The summed E-state index contributed by atoms with van der Waals surface area (Å²) in [5, 5.41) is 0. The van der Waals surface area contributed by atoms with Crippen LogP contribution in [0.1, 0.15) is 22.2 Å². The lowest BCUT2D eigenvalue weighted by Gasteiger charge is -2.17. The van der Waals surface area contributed by atoms with E-state index in [1.807, 2.05) is 20.8 Å². The van der Waals surface area contributed by atoms with Gasteiger partial charge in [0.1, 0.15) is 5.60 Å². The number of hydrogen-bond donors (Lipinski definition) is 1. The smallest absolute Gasteiger partial charge is 0.443 e. The molecule has 0 rings (SSSR count). The van der Waals surface area contributed by atoms with Crippen LogP contribution < -0.4 is 3.53 Å². The third kappa shape index (κ3) is 5.88. The van der Waals surface area contributed by atoms with Crippen molar-refractivity contribution in [3.05, 3.63) is 0 Å². The maximum atomic E-state index is 10.5. The van der Waals surface area contributed by atoms with Crippen LogP contribution in [0.4, 0.5) is 4.79 Å². The van der Waals surface area contributed by atoms with Crippen molar-refractivity contribution in [1.29, 1.82) is 0 Å². The van der Waals surface area contributed by atoms with Crippen molar-refractivity contribution in [3.8, 4) is 0 Å². The minimum atomic E-state index is -0.400. The van der Waals surface area contributed by atoms with Crippen molar-refractivity contribution in [2.45, 2.75) is 26.4 Å². The lowest BCUT2D eigenvalue weighted by molar-refractivity contribution is 0.0583. The first kappa shape index (κ1) is 9.00. The van der Waals surface area contributed by atoms with E-state index in [9.17, 15) is 4.79 Å². The summed E-state index contributed by atoms with van der Waals surface area (Å²) in [5.74, 6) is 0. The number of hydrogen-bond acceptors (Lipinski definition) is 2. The van der Waals surface area contributed by atoms with Gasteiger partial charge in [-0.05, 0) is 20.8 Å². The number of carbonyl (C=O) groups is 1. The number of nitrogens with one attached hydrogen (secondary N) is 1. The lowest BCUT2D eigenvalue weighted by atomic mass is 10.2. The molecule has 0 unspecified atom stereocenters. The molecule has 0 heterocycles. The highest BCUT2D eigenvalue weighted by atomic mass is 127. The van der Waals surface area contributed by atoms with E-state index in [4.69, 9.17) is 4.74 Å². The molecule has 0 atom stereocenters. The molecule has 0 saturated heterocycles. The molecule has 54 valence electrons. The van der Waals surface area contributed by atoms with E-state index in [-0.39, 0.29) is 1.43 Å². The molecule has 0 radical (unpaired) electrons. The first-order valence-electron chi connectivity index (χ1n) is 2.55. The Labute approximate surface area is 70.1 Å². The van der Waals surface area contributed by atoms with Gasteiger partial charge in [-0.3, -0.25) is 3.53 Å². The Bertz CT molecular complexity index is 113. The number of amides is 1. The van der Waals surface area contributed by atoms with Crippen LogP contribution in [0.15, 0.2) is 0 Å². The van der Waals surface area contributed by atoms with Crippen LogP contribution in [0.25, 0.3) is 0 Å². The second kappa shape index (κ2) is 3.24. The Kier molecular flexibility index (Phi) is 3.24. The zero-order valence-electron chi connectivity index (χ0n) is 6.69. The highest BCUT2D eigenvalue weighted by Crippen LogP contribution is 2.06. The molecule has 0 saturated carbocycles. The van der Waals surface area contributed by atoms with Crippen molar-refractivity contribution in [2.75, 3.05) is 0 Å². The summed E-state index contributed by atoms with van der Waals surface area (Å²) in [5.41, 5.74) is -0.394. The van der Waals surface area contributed by atoms with Gasteiger partial charge in [-0.1, -0.05) is 0 Å². The fourth-order valence-corrected chi connectivity index (χ4v) is 0.407. The van der Waals surface area contributed by atoms with Crippen LogP contribution >= 0.6 is 22.9 Å². The van der Waals surface area contributed by atoms with Gasteiger partial charge < -0.3 is 4.74 Å². The van der Waals surface area contributed by atoms with Gasteiger partial charge in [0.2, 0.25) is 0 Å². The molecule has 1 N–H and O–H groups in total. The maximum Gasteiger partial charge on any atom is 1.00 e. The summed E-state index contributed by atoms with van der Waals surface area (Å²) in [6.07, 6.45) is -0.400. The fraction of sp³-hybridized carbons (Fsp3) is 0.800. The van der Waals surface area contributed by atoms with Crippen LogP contribution in [0.3, 0.4) is 0 Å². The molecule has 0 aliphatic carbocycles. The second-order valence-electron chi connectivity index (χ2n) is 2.60. The van der Waals surface area contributed by atoms with Gasteiger partial charge >= 0.3 is 7.52 Å². The highest BCUT2D eigenvalue weighted by molar-refractivity contribution is 14.1. The third-order valence-corrected chi connectivity index (χ3v) is 0.916. The van der Waals surface area contributed by atoms with E-state index >= 15 is 0 Å². The summed E-state index contributed by atoms with van der Waals surface area (Å²) in [4.78, 5) is 10.5. The topological polar surface area (TPSA) is 38.3 Å². The molecule has 0 bridgehead atoms. The quantitative estimate of drug-likeness (QED) is 0.522. The number of halogens is 1. The molecular weight excluding hydrogens is 233 g/mol. The highest BCUT2D eigenvalue weighted by Gasteiger charge is 2.14. The van der Waals surface area contributed by atoms with Crippen molar-refractivity contribution in [3.63, 3.8) is 0 Å². The Morgan fingerprint density at radius 2 is 2.11 bits per heavy atom. The predicted molar refractivity (Wildman–Crippen MR) is 44.5 cm³/mol. The van der Waals surface area contributed by atoms with E-state index in [1.54, 1.807) is 22.9 Å². The van der Waals surface area contributed by atoms with Gasteiger partial charge in [-0.2, -0.15) is 0 Å². The van der Waals surface area contributed by atoms with Gasteiger partial charge in [-0.25, -0.2) is 4.79 Å². The molecule has 0 aromatic rings. The van der Waals surface area contributed by atoms with Gasteiger partial charge in [-0.15, -0.1) is 0 Å². The van der Waals surface area contributed by atoms with Crippen LogP contribution in [0.2, 0.25) is 0 Å². The van der Waals surface area contributed by atoms with Crippen LogP contribution in [-0.4, -0.2) is 11.7 Å². The molecule has 9 heavy (non-hydrogen) atoms. The SMILES string of the molecule is CC(C)(C)OC(=O)NI.[H+]. The van der Waals surface area contributed by atoms with Gasteiger partial charge in [0.05, 0.1) is 22.9 Å². The minimum absolute atomic E-state index is 0. The molecule has 4 heteroatoms. The summed E-state index contributed by atoms with van der Waals surface area (Å²) in [7, 11) is 0. The Morgan fingerprint density at radius 1 is 1.67 bits per heavy atom. The van der Waals surface area contributed by atoms with Gasteiger partial charge in [0.15, 0.2) is 0 Å². The molecular formula is C5H11INO2+. The average molecular weight is 244 g/mol. The number of ether oxygens (including phenoxy) is 1. The summed E-state index contributed by atoms with van der Waals surface area (Å²) in [6.45, 7) is 5.46. The zero-order valence-corrected chi connectivity index (χ0v) is 7.85. The van der Waals surface area contributed by atoms with Crippen molar-refractivity contribution < 1.29 is 11.0 Å². The maximum absolute atomic E-state index is 10.5. The van der Waals surface area contributed by atoms with Gasteiger partial charge in [0.25, 0.3) is 0 Å². The summed E-state index contributed by atoms with van der Waals surface area (Å²) < 4.78 is 7.16. The average Bonchev–Trinajstić information content (AvgIpc) is 1.62. The molecule has 0 aromatic carbocycles. The van der Waals surface area contributed by atoms with Crippen LogP contribution in [-0.2, 0) is 4.74 Å². The lowest BCUT2D eigenvalue weighted by Crippen LogP contribution is -2.27. The summed E-state index contributed by atoms with van der Waals surface area (Å²) in [6, 6.07) is 0. The summed E-state index contributed by atoms with van der Waals surface area (Å²) >= 11 is 1.73. The Balaban J connectivity index is 0. The molecule has 0 aliphatic heterocycles. The molecule has 0 aromatic heterocycles. The van der Waals surface area contributed by atoms with E-state index in [1.165, 1.54) is 0 Å². The Hall–Kier alpha value is 0. The standard InChI is InChI=1S/C5H10INO2/c1-5(2,3)9-4(8)7-6/h1-3H3,(H,7,8)/p+1. The van der Waals surface area contributed by atoms with Crippen molar-refractivity contribution in [2.24, 2.45) is 0 Å². The second-order valence-corrected chi connectivity index (χ2v) is 3.14. The van der Waals surface area contributed by atoms with Crippen LogP contribution in [0.5, 0.6) is 0 Å². The molecule has 0 aliphatic rings. The monoisotopic (exact) mass is 244 g/mol. The van der Waals surface area contributed by atoms with E-state index in [0.29, 0.717) is 0 Å². The third-order valence-electron chi connectivity index (χ3n) is 0.476. The normalized spacial score (nSPS) is 10.7. The minimum Gasteiger partial charge on any atom is -0.443 e. The zero-order chi connectivity index (χ0) is 7.49. The number of rotatable bonds is 0. The predicted octanol–water partition coefficient (Wildman–Crippen LogP) is 1.97. The van der Waals surface area contributed by atoms with Crippen molar-refractivity contribution >= 4 is 29.0 Å². The largest absolute Gasteiger partial charge is 1.00 e. The van der Waals surface area contributed by atoms with E-state index < -0.39 is 11.7 Å². The first-order valence-corrected chi connectivity index (χ1v) is 3.63. The Morgan fingerprint density at radius 3 is 2.22 bits per heavy atom. The number of carbonyl (C=O) groups excluding carboxylic acids is 1. The molecule has 1 amide bonds. The molecule has 0 fully saturated rings. The fourth-order valence-electron chi connectivity index (χ4n) is 0.297. The van der Waals surface area contributed by atoms with Crippen LogP contribution in [0, 0.1) is 0 Å². The van der Waals surface area contributed by atoms with Gasteiger partial charge in [0, 0.05) is 0 Å². The first-order chi connectivity index (χ1) is 3.95. The van der Waals surface area contributed by atoms with Crippen molar-refractivity contribution in [1.82, 2.24) is 3.53 Å².